The van der Waals surface area contributed by atoms with Gasteiger partial charge in [0.2, 0.25) is 5.91 Å². The standard InChI is InChI=1S/C20H31N3O5S2/c1-15(24)22-16-6-8-17(9-7-16)30(27,28)19-13-29(25,26)12-18(19)21-14-20(2,3)23-10-4-5-11-23/h6-9,18-19,21H,4-5,10-14H2,1-3H3,(H,22,24)/t18-,19-/m0/s1. The van der Waals surface area contributed by atoms with E-state index < -0.39 is 31.0 Å². The van der Waals surface area contributed by atoms with Gasteiger partial charge >= 0.3 is 0 Å². The summed E-state index contributed by atoms with van der Waals surface area (Å²) in [6.45, 7) is 8.08. The van der Waals surface area contributed by atoms with Crippen molar-refractivity contribution in [3.63, 3.8) is 0 Å². The lowest BCUT2D eigenvalue weighted by molar-refractivity contribution is -0.114. The molecule has 1 aromatic rings. The molecule has 8 nitrogen and oxygen atoms in total. The highest BCUT2D eigenvalue weighted by Crippen LogP contribution is 2.28. The Kier molecular flexibility index (Phi) is 6.62. The number of carbonyl (C=O) groups is 1. The summed E-state index contributed by atoms with van der Waals surface area (Å²) >= 11 is 0. The number of carbonyl (C=O) groups excluding carboxylic acids is 1. The first-order valence-electron chi connectivity index (χ1n) is 10.2. The minimum atomic E-state index is -3.86. The highest BCUT2D eigenvalue weighted by Gasteiger charge is 2.46. The average Bonchev–Trinajstić information content (AvgIpc) is 3.28. The predicted octanol–water partition coefficient (Wildman–Crippen LogP) is 1.05. The molecule has 2 aliphatic heterocycles. The second-order valence-electron chi connectivity index (χ2n) is 8.86. The molecule has 0 aromatic heterocycles. The van der Waals surface area contributed by atoms with Crippen LogP contribution in [0.2, 0.25) is 0 Å². The SMILES string of the molecule is CC(=O)Nc1ccc(S(=O)(=O)[C@H]2CS(=O)(=O)C[C@@H]2NCC(C)(C)N2CCCC2)cc1. The van der Waals surface area contributed by atoms with Gasteiger partial charge in [0.1, 0.15) is 0 Å². The van der Waals surface area contributed by atoms with Crippen molar-refractivity contribution >= 4 is 31.3 Å². The van der Waals surface area contributed by atoms with Crippen molar-refractivity contribution in [2.75, 3.05) is 36.5 Å². The second kappa shape index (κ2) is 8.57. The highest BCUT2D eigenvalue weighted by atomic mass is 32.2. The van der Waals surface area contributed by atoms with Crippen LogP contribution < -0.4 is 10.6 Å². The summed E-state index contributed by atoms with van der Waals surface area (Å²) in [5.41, 5.74) is 0.305. The van der Waals surface area contributed by atoms with Gasteiger partial charge in [-0.15, -0.1) is 0 Å². The zero-order chi connectivity index (χ0) is 22.2. The van der Waals surface area contributed by atoms with Crippen molar-refractivity contribution in [1.82, 2.24) is 10.2 Å². The van der Waals surface area contributed by atoms with Crippen molar-refractivity contribution in [3.8, 4) is 0 Å². The van der Waals surface area contributed by atoms with Crippen molar-refractivity contribution in [1.29, 1.82) is 0 Å². The summed E-state index contributed by atoms with van der Waals surface area (Å²) in [6.07, 6.45) is 2.29. The molecule has 3 rings (SSSR count). The van der Waals surface area contributed by atoms with Gasteiger partial charge in [0.15, 0.2) is 19.7 Å². The third-order valence-corrected chi connectivity index (χ3v) is 10.1. The van der Waals surface area contributed by atoms with Crippen molar-refractivity contribution in [3.05, 3.63) is 24.3 Å². The molecule has 2 N–H and O–H groups in total. The van der Waals surface area contributed by atoms with Gasteiger partial charge < -0.3 is 10.6 Å². The fraction of sp³-hybridized carbons (Fsp3) is 0.650. The Balaban J connectivity index is 1.78. The maximum absolute atomic E-state index is 13.2. The first kappa shape index (κ1) is 23.2. The molecular formula is C20H31N3O5S2. The summed E-state index contributed by atoms with van der Waals surface area (Å²) in [5.74, 6) is -0.820. The Morgan fingerprint density at radius 3 is 2.30 bits per heavy atom. The van der Waals surface area contributed by atoms with Crippen LogP contribution in [0.15, 0.2) is 29.2 Å². The van der Waals surface area contributed by atoms with E-state index in [1.807, 2.05) is 0 Å². The second-order valence-corrected chi connectivity index (χ2v) is 13.2. The number of rotatable bonds is 7. The molecule has 0 aliphatic carbocycles. The average molecular weight is 458 g/mol. The largest absolute Gasteiger partial charge is 0.326 e. The molecule has 0 saturated carbocycles. The Morgan fingerprint density at radius 2 is 1.73 bits per heavy atom. The number of hydrogen-bond acceptors (Lipinski definition) is 7. The minimum absolute atomic E-state index is 0.0595. The summed E-state index contributed by atoms with van der Waals surface area (Å²) < 4.78 is 51.1. The number of hydrogen-bond donors (Lipinski definition) is 2. The fourth-order valence-corrected chi connectivity index (χ4v) is 8.95. The molecule has 10 heteroatoms. The Labute approximate surface area is 179 Å². The van der Waals surface area contributed by atoms with E-state index in [1.54, 1.807) is 0 Å². The van der Waals surface area contributed by atoms with E-state index in [1.165, 1.54) is 31.2 Å². The van der Waals surface area contributed by atoms with Gasteiger partial charge in [-0.25, -0.2) is 16.8 Å². The Bertz CT molecular complexity index is 982. The molecule has 168 valence electrons. The molecule has 0 spiro atoms. The maximum Gasteiger partial charge on any atom is 0.221 e. The van der Waals surface area contributed by atoms with E-state index in [-0.39, 0.29) is 27.8 Å². The molecule has 1 amide bonds. The molecule has 0 bridgehead atoms. The van der Waals surface area contributed by atoms with Crippen LogP contribution in [0.4, 0.5) is 5.69 Å². The number of nitrogens with one attached hydrogen (secondary N) is 2. The zero-order valence-electron chi connectivity index (χ0n) is 17.7. The highest BCUT2D eigenvalue weighted by molar-refractivity contribution is 7.96. The van der Waals surface area contributed by atoms with Crippen LogP contribution in [0, 0.1) is 0 Å². The van der Waals surface area contributed by atoms with E-state index >= 15 is 0 Å². The van der Waals surface area contributed by atoms with Crippen LogP contribution in [-0.2, 0) is 24.5 Å². The lowest BCUT2D eigenvalue weighted by Gasteiger charge is -2.37. The van der Waals surface area contributed by atoms with Gasteiger partial charge in [-0.1, -0.05) is 0 Å². The summed E-state index contributed by atoms with van der Waals surface area (Å²) in [7, 11) is -7.32. The monoisotopic (exact) mass is 457 g/mol. The topological polar surface area (TPSA) is 113 Å². The summed E-state index contributed by atoms with van der Waals surface area (Å²) in [5, 5.41) is 4.81. The van der Waals surface area contributed by atoms with Crippen LogP contribution in [0.1, 0.15) is 33.6 Å². The van der Waals surface area contributed by atoms with E-state index in [4.69, 9.17) is 0 Å². The molecule has 2 heterocycles. The first-order chi connectivity index (χ1) is 13.9. The van der Waals surface area contributed by atoms with Crippen molar-refractivity contribution in [2.45, 2.75) is 55.3 Å². The minimum Gasteiger partial charge on any atom is -0.326 e. The number of sulfone groups is 2. The fourth-order valence-electron chi connectivity index (χ4n) is 4.23. The molecule has 2 saturated heterocycles. The van der Waals surface area contributed by atoms with Gasteiger partial charge in [0, 0.05) is 30.7 Å². The maximum atomic E-state index is 13.2. The van der Waals surface area contributed by atoms with Gasteiger partial charge in [-0.05, 0) is 64.0 Å². The first-order valence-corrected chi connectivity index (χ1v) is 13.6. The number of benzene rings is 1. The lowest BCUT2D eigenvalue weighted by atomic mass is 10.0. The van der Waals surface area contributed by atoms with Crippen LogP contribution >= 0.6 is 0 Å². The van der Waals surface area contributed by atoms with Crippen molar-refractivity contribution < 1.29 is 21.6 Å². The molecule has 0 radical (unpaired) electrons. The normalized spacial score (nSPS) is 24.8. The number of likely N-dealkylation sites (tertiary alicyclic amines) is 1. The molecule has 2 fully saturated rings. The number of nitrogens with zero attached hydrogens (tertiary/aromatic N) is 1. The molecule has 2 atom stereocenters. The third kappa shape index (κ3) is 5.22. The predicted molar refractivity (Wildman–Crippen MR) is 117 cm³/mol. The van der Waals surface area contributed by atoms with E-state index in [0.717, 1.165) is 25.9 Å². The van der Waals surface area contributed by atoms with E-state index in [0.29, 0.717) is 12.2 Å². The van der Waals surface area contributed by atoms with Crippen molar-refractivity contribution in [2.24, 2.45) is 0 Å². The number of amides is 1. The van der Waals surface area contributed by atoms with Crippen LogP contribution in [0.25, 0.3) is 0 Å². The summed E-state index contributed by atoms with van der Waals surface area (Å²) in [4.78, 5) is 13.6. The lowest BCUT2D eigenvalue weighted by Crippen LogP contribution is -2.54. The number of anilines is 1. The van der Waals surface area contributed by atoms with E-state index in [2.05, 4.69) is 29.4 Å². The van der Waals surface area contributed by atoms with Gasteiger partial charge in [-0.3, -0.25) is 9.69 Å². The van der Waals surface area contributed by atoms with Crippen LogP contribution in [0.3, 0.4) is 0 Å². The third-order valence-electron chi connectivity index (χ3n) is 5.96. The Morgan fingerprint density at radius 1 is 1.13 bits per heavy atom. The van der Waals surface area contributed by atoms with Gasteiger partial charge in [-0.2, -0.15) is 0 Å². The molecule has 1 aromatic carbocycles. The Hall–Kier alpha value is -1.49. The molecular weight excluding hydrogens is 426 g/mol. The molecule has 0 unspecified atom stereocenters. The van der Waals surface area contributed by atoms with Gasteiger partial charge in [0.25, 0.3) is 0 Å². The summed E-state index contributed by atoms with van der Waals surface area (Å²) in [6, 6.07) is 5.19. The quantitative estimate of drug-likeness (QED) is 0.629. The van der Waals surface area contributed by atoms with E-state index in [9.17, 15) is 21.6 Å². The van der Waals surface area contributed by atoms with Gasteiger partial charge in [0.05, 0.1) is 21.7 Å². The molecule has 2 aliphatic rings. The molecule has 30 heavy (non-hydrogen) atoms. The smallest absolute Gasteiger partial charge is 0.221 e. The van der Waals surface area contributed by atoms with Crippen LogP contribution in [-0.4, -0.2) is 75.6 Å². The zero-order valence-corrected chi connectivity index (χ0v) is 19.4. The van der Waals surface area contributed by atoms with Crippen LogP contribution in [0.5, 0.6) is 0 Å².